The molecule has 2 nitrogen and oxygen atoms in total. The molecular weight excluding hydrogens is 228 g/mol. The first-order valence-corrected chi connectivity index (χ1v) is 8.43. The summed E-state index contributed by atoms with van der Waals surface area (Å²) in [4.78, 5) is 2.56. The van der Waals surface area contributed by atoms with Crippen molar-refractivity contribution in [1.82, 2.24) is 10.2 Å². The van der Waals surface area contributed by atoms with Gasteiger partial charge in [-0.1, -0.05) is 20.8 Å². The monoisotopic (exact) mass is 258 g/mol. The number of thioether (sulfide) groups is 1. The molecule has 0 spiro atoms. The van der Waals surface area contributed by atoms with E-state index in [0.29, 0.717) is 4.75 Å². The van der Waals surface area contributed by atoms with Gasteiger partial charge in [0.1, 0.15) is 0 Å². The molecule has 1 heterocycles. The van der Waals surface area contributed by atoms with Crippen LogP contribution in [-0.2, 0) is 0 Å². The molecule has 102 valence electrons. The highest BCUT2D eigenvalue weighted by molar-refractivity contribution is 8.00. The van der Waals surface area contributed by atoms with E-state index >= 15 is 0 Å². The number of likely N-dealkylation sites (tertiary alicyclic amines) is 1. The predicted octanol–water partition coefficient (Wildman–Crippen LogP) is 2.98. The molecule has 1 rings (SSSR count). The van der Waals surface area contributed by atoms with Gasteiger partial charge < -0.3 is 10.2 Å². The molecule has 1 aliphatic rings. The molecule has 0 aliphatic carbocycles. The number of nitrogens with zero attached hydrogens (tertiary/aromatic N) is 1. The van der Waals surface area contributed by atoms with Crippen LogP contribution >= 0.6 is 11.8 Å². The second kappa shape index (κ2) is 7.65. The molecule has 1 saturated heterocycles. The first kappa shape index (κ1) is 15.3. The van der Waals surface area contributed by atoms with Crippen molar-refractivity contribution >= 4 is 11.8 Å². The van der Waals surface area contributed by atoms with Crippen molar-refractivity contribution in [2.45, 2.75) is 57.2 Å². The van der Waals surface area contributed by atoms with E-state index < -0.39 is 0 Å². The Morgan fingerprint density at radius 1 is 1.18 bits per heavy atom. The van der Waals surface area contributed by atoms with Crippen LogP contribution in [0.15, 0.2) is 0 Å². The molecule has 0 bridgehead atoms. The Labute approximate surface area is 112 Å². The van der Waals surface area contributed by atoms with Crippen molar-refractivity contribution in [1.29, 1.82) is 0 Å². The van der Waals surface area contributed by atoms with Gasteiger partial charge in [0.25, 0.3) is 0 Å². The van der Waals surface area contributed by atoms with Crippen LogP contribution in [0.1, 0.15) is 46.5 Å². The highest BCUT2D eigenvalue weighted by atomic mass is 32.2. The summed E-state index contributed by atoms with van der Waals surface area (Å²) >= 11 is 2.04. The van der Waals surface area contributed by atoms with Crippen LogP contribution in [0.25, 0.3) is 0 Å². The van der Waals surface area contributed by atoms with Crippen LogP contribution in [0, 0.1) is 0 Å². The SMILES string of the molecule is CCN1CCC(NCC(CC)(CC)SC)CC1. The summed E-state index contributed by atoms with van der Waals surface area (Å²) in [7, 11) is 0. The smallest absolute Gasteiger partial charge is 0.0276 e. The number of hydrogen-bond donors (Lipinski definition) is 1. The summed E-state index contributed by atoms with van der Waals surface area (Å²) in [5.41, 5.74) is 0. The maximum absolute atomic E-state index is 3.81. The van der Waals surface area contributed by atoms with Crippen LogP contribution in [0.5, 0.6) is 0 Å². The molecule has 3 heteroatoms. The summed E-state index contributed by atoms with van der Waals surface area (Å²) in [5, 5.41) is 3.81. The minimum Gasteiger partial charge on any atom is -0.313 e. The van der Waals surface area contributed by atoms with Gasteiger partial charge in [-0.25, -0.2) is 0 Å². The lowest BCUT2D eigenvalue weighted by molar-refractivity contribution is 0.204. The number of rotatable bonds is 7. The zero-order valence-electron chi connectivity index (χ0n) is 12.1. The molecule has 0 radical (unpaired) electrons. The van der Waals surface area contributed by atoms with E-state index in [0.717, 1.165) is 6.04 Å². The summed E-state index contributed by atoms with van der Waals surface area (Å²) in [5.74, 6) is 0. The zero-order valence-corrected chi connectivity index (χ0v) is 12.9. The maximum Gasteiger partial charge on any atom is 0.0276 e. The average Bonchev–Trinajstić information content (AvgIpc) is 2.41. The molecule has 0 aromatic carbocycles. The minimum atomic E-state index is 0.460. The quantitative estimate of drug-likeness (QED) is 0.756. The summed E-state index contributed by atoms with van der Waals surface area (Å²) < 4.78 is 0.460. The Balaban J connectivity index is 2.31. The van der Waals surface area contributed by atoms with Gasteiger partial charge in [0, 0.05) is 17.3 Å². The van der Waals surface area contributed by atoms with Crippen LogP contribution in [-0.4, -0.2) is 48.1 Å². The van der Waals surface area contributed by atoms with Gasteiger partial charge in [-0.3, -0.25) is 0 Å². The highest BCUT2D eigenvalue weighted by Gasteiger charge is 2.26. The van der Waals surface area contributed by atoms with Crippen molar-refractivity contribution in [2.24, 2.45) is 0 Å². The van der Waals surface area contributed by atoms with E-state index in [1.807, 2.05) is 11.8 Å². The molecule has 1 aliphatic heterocycles. The Morgan fingerprint density at radius 3 is 2.18 bits per heavy atom. The molecule has 1 N–H and O–H groups in total. The van der Waals surface area contributed by atoms with Crippen molar-refractivity contribution in [3.8, 4) is 0 Å². The van der Waals surface area contributed by atoms with Crippen molar-refractivity contribution in [3.05, 3.63) is 0 Å². The third-order valence-electron chi connectivity index (χ3n) is 4.47. The molecule has 0 atom stereocenters. The lowest BCUT2D eigenvalue weighted by atomic mass is 9.99. The Bertz CT molecular complexity index is 188. The van der Waals surface area contributed by atoms with Crippen molar-refractivity contribution in [2.75, 3.05) is 32.4 Å². The average molecular weight is 258 g/mol. The number of nitrogens with one attached hydrogen (secondary N) is 1. The van der Waals surface area contributed by atoms with Crippen molar-refractivity contribution in [3.63, 3.8) is 0 Å². The third-order valence-corrected chi connectivity index (χ3v) is 6.06. The molecular formula is C14H30N2S. The van der Waals surface area contributed by atoms with Gasteiger partial charge in [-0.05, 0) is 51.6 Å². The lowest BCUT2D eigenvalue weighted by Gasteiger charge is -2.36. The van der Waals surface area contributed by atoms with E-state index in [1.165, 1.54) is 51.9 Å². The topological polar surface area (TPSA) is 15.3 Å². The fraction of sp³-hybridized carbons (Fsp3) is 1.00. The Kier molecular flexibility index (Phi) is 6.90. The number of hydrogen-bond acceptors (Lipinski definition) is 3. The van der Waals surface area contributed by atoms with Gasteiger partial charge in [-0.15, -0.1) is 0 Å². The minimum absolute atomic E-state index is 0.460. The fourth-order valence-corrected chi connectivity index (χ4v) is 3.45. The third kappa shape index (κ3) is 4.46. The molecule has 1 fully saturated rings. The summed E-state index contributed by atoms with van der Waals surface area (Å²) in [6.07, 6.45) is 7.45. The largest absolute Gasteiger partial charge is 0.313 e. The lowest BCUT2D eigenvalue weighted by Crippen LogP contribution is -2.47. The van der Waals surface area contributed by atoms with Crippen LogP contribution in [0.3, 0.4) is 0 Å². The first-order chi connectivity index (χ1) is 8.19. The summed E-state index contributed by atoms with van der Waals surface area (Å²) in [6.45, 7) is 11.9. The van der Waals surface area contributed by atoms with E-state index in [2.05, 4.69) is 37.2 Å². The van der Waals surface area contributed by atoms with Crippen molar-refractivity contribution < 1.29 is 0 Å². The second-order valence-electron chi connectivity index (χ2n) is 5.18. The fourth-order valence-electron chi connectivity index (χ4n) is 2.64. The van der Waals surface area contributed by atoms with E-state index in [4.69, 9.17) is 0 Å². The standard InChI is InChI=1S/C14H30N2S/c1-5-14(6-2,17-4)12-15-13-8-10-16(7-3)11-9-13/h13,15H,5-12H2,1-4H3. The zero-order chi connectivity index (χ0) is 12.7. The van der Waals surface area contributed by atoms with Crippen LogP contribution in [0.2, 0.25) is 0 Å². The van der Waals surface area contributed by atoms with Gasteiger partial charge in [0.15, 0.2) is 0 Å². The highest BCUT2D eigenvalue weighted by Crippen LogP contribution is 2.29. The molecule has 0 unspecified atom stereocenters. The van der Waals surface area contributed by atoms with Crippen LogP contribution < -0.4 is 5.32 Å². The van der Waals surface area contributed by atoms with Gasteiger partial charge >= 0.3 is 0 Å². The molecule has 17 heavy (non-hydrogen) atoms. The normalized spacial score (nSPS) is 19.8. The first-order valence-electron chi connectivity index (χ1n) is 7.20. The molecule has 0 aromatic heterocycles. The summed E-state index contributed by atoms with van der Waals surface area (Å²) in [6, 6.07) is 0.752. The van der Waals surface area contributed by atoms with E-state index in [-0.39, 0.29) is 0 Å². The molecule has 0 saturated carbocycles. The second-order valence-corrected chi connectivity index (χ2v) is 6.46. The molecule has 0 amide bonds. The van der Waals surface area contributed by atoms with Gasteiger partial charge in [0.2, 0.25) is 0 Å². The van der Waals surface area contributed by atoms with E-state index in [1.54, 1.807) is 0 Å². The maximum atomic E-state index is 3.81. The Hall–Kier alpha value is 0.270. The van der Waals surface area contributed by atoms with E-state index in [9.17, 15) is 0 Å². The van der Waals surface area contributed by atoms with Gasteiger partial charge in [0.05, 0.1) is 0 Å². The molecule has 0 aromatic rings. The van der Waals surface area contributed by atoms with Gasteiger partial charge in [-0.2, -0.15) is 11.8 Å². The predicted molar refractivity (Wildman–Crippen MR) is 80.0 cm³/mol. The Morgan fingerprint density at radius 2 is 1.76 bits per heavy atom. The number of piperidine rings is 1. The van der Waals surface area contributed by atoms with Crippen LogP contribution in [0.4, 0.5) is 0 Å².